The molecule has 11 heavy (non-hydrogen) atoms. The van der Waals surface area contributed by atoms with Gasteiger partial charge in [0, 0.05) is 11.8 Å². The van der Waals surface area contributed by atoms with Crippen molar-refractivity contribution < 1.29 is 10.2 Å². The third-order valence-corrected chi connectivity index (χ3v) is 2.77. The summed E-state index contributed by atoms with van der Waals surface area (Å²) < 4.78 is 0. The molecule has 0 bridgehead atoms. The summed E-state index contributed by atoms with van der Waals surface area (Å²) in [6.45, 7) is 0. The molecule has 0 aromatic carbocycles. The van der Waals surface area contributed by atoms with Crippen LogP contribution >= 0.6 is 11.6 Å². The van der Waals surface area contributed by atoms with Crippen molar-refractivity contribution in [1.82, 2.24) is 0 Å². The molecule has 1 aliphatic rings. The molecule has 0 aromatic rings. The number of hydrogen-bond acceptors (Lipinski definition) is 2. The van der Waals surface area contributed by atoms with Crippen LogP contribution in [-0.4, -0.2) is 28.3 Å². The molecule has 2 unspecified atom stereocenters. The van der Waals surface area contributed by atoms with Gasteiger partial charge in [0.15, 0.2) is 0 Å². The lowest BCUT2D eigenvalue weighted by Gasteiger charge is -2.21. The van der Waals surface area contributed by atoms with E-state index >= 15 is 0 Å². The number of aliphatic hydroxyl groups is 2. The van der Waals surface area contributed by atoms with Gasteiger partial charge in [-0.3, -0.25) is 0 Å². The van der Waals surface area contributed by atoms with Crippen molar-refractivity contribution in [3.8, 4) is 0 Å². The molecule has 3 heteroatoms. The lowest BCUT2D eigenvalue weighted by Crippen LogP contribution is -2.31. The monoisotopic (exact) mass is 178 g/mol. The van der Waals surface area contributed by atoms with Crippen molar-refractivity contribution in [2.45, 2.75) is 37.9 Å². The number of rotatable bonds is 1. The Morgan fingerprint density at radius 1 is 1.09 bits per heavy atom. The predicted molar refractivity (Wildman–Crippen MR) is 44.7 cm³/mol. The summed E-state index contributed by atoms with van der Waals surface area (Å²) in [7, 11) is 0. The van der Waals surface area contributed by atoms with E-state index in [0.29, 0.717) is 5.88 Å². The second kappa shape index (κ2) is 4.29. The maximum Gasteiger partial charge on any atom is 0.0604 e. The topological polar surface area (TPSA) is 40.5 Å². The van der Waals surface area contributed by atoms with E-state index < -0.39 is 12.2 Å². The molecule has 0 amide bonds. The lowest BCUT2D eigenvalue weighted by molar-refractivity contribution is 0.0280. The highest BCUT2D eigenvalue weighted by Gasteiger charge is 2.27. The zero-order valence-corrected chi connectivity index (χ0v) is 7.30. The summed E-state index contributed by atoms with van der Waals surface area (Å²) in [5.74, 6) is 0.252. The summed E-state index contributed by atoms with van der Waals surface area (Å²) in [4.78, 5) is 0. The maximum atomic E-state index is 9.47. The van der Waals surface area contributed by atoms with Crippen LogP contribution in [0.15, 0.2) is 0 Å². The Labute approximate surface area is 72.2 Å². The van der Waals surface area contributed by atoms with Gasteiger partial charge in [0.25, 0.3) is 0 Å². The largest absolute Gasteiger partial charge is 0.393 e. The third kappa shape index (κ3) is 2.32. The van der Waals surface area contributed by atoms with E-state index in [-0.39, 0.29) is 5.92 Å². The van der Waals surface area contributed by atoms with Crippen LogP contribution in [0.25, 0.3) is 0 Å². The highest BCUT2D eigenvalue weighted by atomic mass is 35.5. The molecule has 0 spiro atoms. The minimum absolute atomic E-state index is 0.112. The summed E-state index contributed by atoms with van der Waals surface area (Å²) >= 11 is 5.62. The Hall–Kier alpha value is 0.210. The molecule has 1 aliphatic carbocycles. The summed E-state index contributed by atoms with van der Waals surface area (Å²) in [6.07, 6.45) is 2.79. The molecule has 0 radical (unpaired) electrons. The normalized spacial score (nSPS) is 40.1. The fraction of sp³-hybridized carbons (Fsp3) is 1.00. The second-order valence-corrected chi connectivity index (χ2v) is 3.55. The minimum Gasteiger partial charge on any atom is -0.393 e. The van der Waals surface area contributed by atoms with Gasteiger partial charge in [-0.25, -0.2) is 0 Å². The fourth-order valence-corrected chi connectivity index (χ4v) is 2.01. The van der Waals surface area contributed by atoms with Crippen molar-refractivity contribution in [3.63, 3.8) is 0 Å². The van der Waals surface area contributed by atoms with E-state index in [4.69, 9.17) is 11.6 Å². The van der Waals surface area contributed by atoms with Crippen LogP contribution in [0.1, 0.15) is 25.7 Å². The highest BCUT2D eigenvalue weighted by molar-refractivity contribution is 6.18. The van der Waals surface area contributed by atoms with E-state index in [9.17, 15) is 10.2 Å². The Balaban J connectivity index is 2.51. The van der Waals surface area contributed by atoms with Crippen molar-refractivity contribution in [3.05, 3.63) is 0 Å². The van der Waals surface area contributed by atoms with Gasteiger partial charge in [-0.1, -0.05) is 12.8 Å². The van der Waals surface area contributed by atoms with Crippen molar-refractivity contribution in [1.29, 1.82) is 0 Å². The van der Waals surface area contributed by atoms with Crippen molar-refractivity contribution in [2.24, 2.45) is 5.92 Å². The first kappa shape index (κ1) is 9.30. The van der Waals surface area contributed by atoms with E-state index in [1.54, 1.807) is 0 Å². The van der Waals surface area contributed by atoms with Gasteiger partial charge in [0.2, 0.25) is 0 Å². The predicted octanol–water partition coefficient (Wildman–Crippen LogP) is 1.14. The fourth-order valence-electron chi connectivity index (χ4n) is 1.60. The molecule has 66 valence electrons. The maximum absolute atomic E-state index is 9.47. The molecule has 0 heterocycles. The van der Waals surface area contributed by atoms with Crippen LogP contribution in [0, 0.1) is 5.92 Å². The number of halogens is 1. The van der Waals surface area contributed by atoms with E-state index in [1.807, 2.05) is 0 Å². The summed E-state index contributed by atoms with van der Waals surface area (Å²) in [5.41, 5.74) is 0. The van der Waals surface area contributed by atoms with Crippen LogP contribution in [0.2, 0.25) is 0 Å². The Kier molecular flexibility index (Phi) is 3.63. The van der Waals surface area contributed by atoms with E-state index in [2.05, 4.69) is 0 Å². The third-order valence-electron chi connectivity index (χ3n) is 2.42. The lowest BCUT2D eigenvalue weighted by atomic mass is 9.97. The molecule has 2 nitrogen and oxygen atoms in total. The zero-order valence-electron chi connectivity index (χ0n) is 6.54. The molecule has 1 fully saturated rings. The standard InChI is InChI=1S/C8H15ClO2/c9-5-6-7(10)3-1-2-4-8(6)11/h6-8,10-11H,1-5H2. The van der Waals surface area contributed by atoms with Crippen molar-refractivity contribution >= 4 is 11.6 Å². The molecule has 1 rings (SSSR count). The van der Waals surface area contributed by atoms with Crippen molar-refractivity contribution in [2.75, 3.05) is 5.88 Å². The smallest absolute Gasteiger partial charge is 0.0604 e. The average molecular weight is 179 g/mol. The second-order valence-electron chi connectivity index (χ2n) is 3.24. The SMILES string of the molecule is OC1CCCCC(O)C1CCl. The van der Waals surface area contributed by atoms with Gasteiger partial charge in [-0.05, 0) is 12.8 Å². The first-order valence-corrected chi connectivity index (χ1v) is 4.71. The Bertz CT molecular complexity index is 107. The number of hydrogen-bond donors (Lipinski definition) is 2. The molecule has 1 saturated carbocycles. The van der Waals surface area contributed by atoms with Crippen LogP contribution < -0.4 is 0 Å². The number of alkyl halides is 1. The molecule has 2 atom stereocenters. The first-order chi connectivity index (χ1) is 5.25. The molecule has 0 aromatic heterocycles. The van der Waals surface area contributed by atoms with Crippen LogP contribution in [-0.2, 0) is 0 Å². The molecular weight excluding hydrogens is 164 g/mol. The van der Waals surface area contributed by atoms with Gasteiger partial charge in [-0.2, -0.15) is 0 Å². The van der Waals surface area contributed by atoms with Gasteiger partial charge >= 0.3 is 0 Å². The molecule has 0 saturated heterocycles. The molecule has 0 aliphatic heterocycles. The minimum atomic E-state index is -0.398. The molecule has 2 N–H and O–H groups in total. The van der Waals surface area contributed by atoms with Gasteiger partial charge in [-0.15, -0.1) is 11.6 Å². The zero-order chi connectivity index (χ0) is 8.27. The Morgan fingerprint density at radius 3 is 1.91 bits per heavy atom. The average Bonchev–Trinajstić information content (AvgIpc) is 2.12. The summed E-state index contributed by atoms with van der Waals surface area (Å²) in [6, 6.07) is 0. The van der Waals surface area contributed by atoms with Crippen LogP contribution in [0.4, 0.5) is 0 Å². The summed E-state index contributed by atoms with van der Waals surface area (Å²) in [5, 5.41) is 18.9. The van der Waals surface area contributed by atoms with Gasteiger partial charge < -0.3 is 10.2 Å². The van der Waals surface area contributed by atoms with Crippen LogP contribution in [0.5, 0.6) is 0 Å². The van der Waals surface area contributed by atoms with Gasteiger partial charge in [0.05, 0.1) is 12.2 Å². The number of aliphatic hydroxyl groups excluding tert-OH is 2. The van der Waals surface area contributed by atoms with Gasteiger partial charge in [0.1, 0.15) is 0 Å². The van der Waals surface area contributed by atoms with E-state index in [0.717, 1.165) is 25.7 Å². The van der Waals surface area contributed by atoms with Crippen LogP contribution in [0.3, 0.4) is 0 Å². The quantitative estimate of drug-likeness (QED) is 0.467. The molecular formula is C8H15ClO2. The van der Waals surface area contributed by atoms with E-state index in [1.165, 1.54) is 0 Å². The Morgan fingerprint density at radius 2 is 1.55 bits per heavy atom. The highest BCUT2D eigenvalue weighted by Crippen LogP contribution is 2.24. The first-order valence-electron chi connectivity index (χ1n) is 4.18.